The molecule has 2 N–H and O–H groups in total. The minimum atomic E-state index is -0.106. The van der Waals surface area contributed by atoms with Crippen LogP contribution in [-0.2, 0) is 0 Å². The van der Waals surface area contributed by atoms with E-state index >= 15 is 0 Å². The lowest BCUT2D eigenvalue weighted by atomic mass is 10.1. The number of aromatic nitrogens is 4. The number of aryl methyl sites for hydroxylation is 3. The number of nitrogens with zero attached hydrogens (tertiary/aromatic N) is 4. The molecule has 0 aromatic carbocycles. The largest absolute Gasteiger partial charge is 0.365 e. The zero-order valence-electron chi connectivity index (χ0n) is 14.7. The van der Waals surface area contributed by atoms with Gasteiger partial charge in [0, 0.05) is 42.1 Å². The van der Waals surface area contributed by atoms with E-state index in [2.05, 4.69) is 30.2 Å². The molecule has 1 aliphatic heterocycles. The van der Waals surface area contributed by atoms with Gasteiger partial charge in [-0.3, -0.25) is 9.78 Å². The number of hydrogen-bond donors (Lipinski definition) is 2. The van der Waals surface area contributed by atoms with E-state index in [1.807, 2.05) is 27.7 Å². The summed E-state index contributed by atoms with van der Waals surface area (Å²) in [4.78, 5) is 30.1. The lowest BCUT2D eigenvalue weighted by molar-refractivity contribution is 0.520. The molecule has 0 radical (unpaired) electrons. The van der Waals surface area contributed by atoms with E-state index in [1.165, 1.54) is 6.07 Å². The molecule has 2 aromatic rings. The van der Waals surface area contributed by atoms with Gasteiger partial charge < -0.3 is 10.2 Å². The number of rotatable bonds is 3. The maximum atomic E-state index is 11.7. The van der Waals surface area contributed by atoms with Crippen molar-refractivity contribution < 1.29 is 0 Å². The van der Waals surface area contributed by atoms with Crippen LogP contribution in [0.15, 0.2) is 10.9 Å². The lowest BCUT2D eigenvalue weighted by Gasteiger charge is -2.34. The van der Waals surface area contributed by atoms with Crippen molar-refractivity contribution in [3.05, 3.63) is 39.2 Å². The maximum Gasteiger partial charge on any atom is 0.252 e. The van der Waals surface area contributed by atoms with Crippen LogP contribution in [0.25, 0.3) is 0 Å². The monoisotopic (exact) mass is 328 g/mol. The maximum absolute atomic E-state index is 11.7. The molecule has 1 aliphatic rings. The fourth-order valence-electron chi connectivity index (χ4n) is 3.10. The van der Waals surface area contributed by atoms with Crippen molar-refractivity contribution in [2.75, 3.05) is 23.3 Å². The molecular formula is C17H24N6O. The van der Waals surface area contributed by atoms with Crippen LogP contribution in [-0.4, -0.2) is 39.1 Å². The van der Waals surface area contributed by atoms with Crippen LogP contribution in [0.3, 0.4) is 0 Å². The topological polar surface area (TPSA) is 86.8 Å². The highest BCUT2D eigenvalue weighted by Gasteiger charge is 2.22. The SMILES string of the molecule is Cc1cc(=O)[nH]c(N2CCCC(Nc3nc(C)nc(C)c3C)C2)n1. The van der Waals surface area contributed by atoms with Crippen molar-refractivity contribution in [1.29, 1.82) is 0 Å². The Labute approximate surface area is 141 Å². The molecule has 3 heterocycles. The average Bonchev–Trinajstić information content (AvgIpc) is 2.51. The average molecular weight is 328 g/mol. The molecule has 7 heteroatoms. The van der Waals surface area contributed by atoms with Crippen molar-refractivity contribution in [1.82, 2.24) is 19.9 Å². The van der Waals surface area contributed by atoms with Crippen molar-refractivity contribution in [3.8, 4) is 0 Å². The Bertz CT molecular complexity index is 800. The number of nitrogens with one attached hydrogen (secondary N) is 2. The first-order valence-electron chi connectivity index (χ1n) is 8.33. The molecule has 0 aliphatic carbocycles. The van der Waals surface area contributed by atoms with Gasteiger partial charge in [0.15, 0.2) is 0 Å². The van der Waals surface area contributed by atoms with Gasteiger partial charge in [-0.2, -0.15) is 0 Å². The molecule has 1 saturated heterocycles. The van der Waals surface area contributed by atoms with E-state index in [9.17, 15) is 4.79 Å². The van der Waals surface area contributed by atoms with Gasteiger partial charge in [0.25, 0.3) is 5.56 Å². The van der Waals surface area contributed by atoms with Crippen LogP contribution in [0, 0.1) is 27.7 Å². The van der Waals surface area contributed by atoms with Gasteiger partial charge in [0.2, 0.25) is 5.95 Å². The normalized spacial score (nSPS) is 17.8. The Morgan fingerprint density at radius 1 is 1.21 bits per heavy atom. The highest BCUT2D eigenvalue weighted by molar-refractivity contribution is 5.47. The van der Waals surface area contributed by atoms with Gasteiger partial charge in [-0.1, -0.05) is 0 Å². The van der Waals surface area contributed by atoms with E-state index < -0.39 is 0 Å². The lowest BCUT2D eigenvalue weighted by Crippen LogP contribution is -2.43. The number of aromatic amines is 1. The Kier molecular flexibility index (Phi) is 4.51. The van der Waals surface area contributed by atoms with Crippen LogP contribution >= 0.6 is 0 Å². The van der Waals surface area contributed by atoms with E-state index in [0.29, 0.717) is 5.95 Å². The molecule has 3 rings (SSSR count). The van der Waals surface area contributed by atoms with E-state index in [1.54, 1.807) is 0 Å². The molecule has 1 unspecified atom stereocenters. The van der Waals surface area contributed by atoms with Gasteiger partial charge in [-0.25, -0.2) is 15.0 Å². The summed E-state index contributed by atoms with van der Waals surface area (Å²) >= 11 is 0. The molecule has 24 heavy (non-hydrogen) atoms. The van der Waals surface area contributed by atoms with Gasteiger partial charge in [0.05, 0.1) is 0 Å². The summed E-state index contributed by atoms with van der Waals surface area (Å²) in [6.45, 7) is 9.47. The zero-order chi connectivity index (χ0) is 17.3. The second-order valence-corrected chi connectivity index (χ2v) is 6.47. The van der Waals surface area contributed by atoms with Crippen LogP contribution in [0.1, 0.15) is 35.6 Å². The predicted octanol–water partition coefficient (Wildman–Crippen LogP) is 1.87. The molecule has 1 atom stereocenters. The van der Waals surface area contributed by atoms with Crippen molar-refractivity contribution in [2.45, 2.75) is 46.6 Å². The fourth-order valence-corrected chi connectivity index (χ4v) is 3.10. The summed E-state index contributed by atoms with van der Waals surface area (Å²) in [7, 11) is 0. The first-order valence-corrected chi connectivity index (χ1v) is 8.33. The molecule has 0 saturated carbocycles. The number of piperidine rings is 1. The predicted molar refractivity (Wildman–Crippen MR) is 94.7 cm³/mol. The third-order valence-corrected chi connectivity index (χ3v) is 4.42. The first kappa shape index (κ1) is 16.4. The van der Waals surface area contributed by atoms with Crippen molar-refractivity contribution in [3.63, 3.8) is 0 Å². The van der Waals surface area contributed by atoms with Crippen LogP contribution in [0.2, 0.25) is 0 Å². The Morgan fingerprint density at radius 3 is 2.75 bits per heavy atom. The molecule has 0 spiro atoms. The summed E-state index contributed by atoms with van der Waals surface area (Å²) in [5.74, 6) is 2.33. The van der Waals surface area contributed by atoms with Crippen LogP contribution in [0.5, 0.6) is 0 Å². The van der Waals surface area contributed by atoms with E-state index in [0.717, 1.165) is 54.5 Å². The Balaban J connectivity index is 1.78. The highest BCUT2D eigenvalue weighted by atomic mass is 16.1. The molecule has 7 nitrogen and oxygen atoms in total. The fraction of sp³-hybridized carbons (Fsp3) is 0.529. The van der Waals surface area contributed by atoms with Gasteiger partial charge in [0.1, 0.15) is 11.6 Å². The smallest absolute Gasteiger partial charge is 0.252 e. The van der Waals surface area contributed by atoms with Gasteiger partial charge in [-0.15, -0.1) is 0 Å². The Morgan fingerprint density at radius 2 is 2.00 bits per heavy atom. The summed E-state index contributed by atoms with van der Waals surface area (Å²) in [6.07, 6.45) is 2.10. The Hall–Kier alpha value is -2.44. The summed E-state index contributed by atoms with van der Waals surface area (Å²) < 4.78 is 0. The van der Waals surface area contributed by atoms with Crippen LogP contribution < -0.4 is 15.8 Å². The molecular weight excluding hydrogens is 304 g/mol. The van der Waals surface area contributed by atoms with Crippen LogP contribution in [0.4, 0.5) is 11.8 Å². The number of anilines is 2. The number of H-pyrrole nitrogens is 1. The standard InChI is InChI=1S/C17H24N6O/c1-10-8-15(24)22-17(18-10)23-7-5-6-14(9-23)21-16-11(2)12(3)19-13(4)20-16/h8,14H,5-7,9H2,1-4H3,(H,18,22,24)(H,19,20,21). The highest BCUT2D eigenvalue weighted by Crippen LogP contribution is 2.21. The summed E-state index contributed by atoms with van der Waals surface area (Å²) in [5.41, 5.74) is 2.72. The quantitative estimate of drug-likeness (QED) is 0.894. The van der Waals surface area contributed by atoms with Gasteiger partial charge >= 0.3 is 0 Å². The number of hydrogen-bond acceptors (Lipinski definition) is 6. The second-order valence-electron chi connectivity index (χ2n) is 6.47. The first-order chi connectivity index (χ1) is 11.4. The summed E-state index contributed by atoms with van der Waals surface area (Å²) in [6, 6.07) is 1.77. The van der Waals surface area contributed by atoms with E-state index in [4.69, 9.17) is 0 Å². The van der Waals surface area contributed by atoms with Gasteiger partial charge in [-0.05, 0) is 40.5 Å². The summed E-state index contributed by atoms with van der Waals surface area (Å²) in [5, 5.41) is 3.55. The zero-order valence-corrected chi connectivity index (χ0v) is 14.7. The second kappa shape index (κ2) is 6.59. The minimum Gasteiger partial charge on any atom is -0.365 e. The molecule has 128 valence electrons. The molecule has 0 amide bonds. The van der Waals surface area contributed by atoms with E-state index in [-0.39, 0.29) is 11.6 Å². The molecule has 0 bridgehead atoms. The van der Waals surface area contributed by atoms with Crippen molar-refractivity contribution >= 4 is 11.8 Å². The molecule has 2 aromatic heterocycles. The minimum absolute atomic E-state index is 0.106. The van der Waals surface area contributed by atoms with Crippen molar-refractivity contribution in [2.24, 2.45) is 0 Å². The third-order valence-electron chi connectivity index (χ3n) is 4.42. The third kappa shape index (κ3) is 3.55. The molecule has 1 fully saturated rings.